The zero-order valence-electron chi connectivity index (χ0n) is 14.5. The highest BCUT2D eigenvalue weighted by atomic mass is 16.5. The van der Waals surface area contributed by atoms with Crippen LogP contribution in [0.5, 0.6) is 11.5 Å². The predicted octanol–water partition coefficient (Wildman–Crippen LogP) is 3.19. The number of carboxylic acid groups (broad SMARTS) is 1. The van der Waals surface area contributed by atoms with E-state index in [-0.39, 0.29) is 5.92 Å². The zero-order chi connectivity index (χ0) is 18.0. The van der Waals surface area contributed by atoms with Gasteiger partial charge in [0.05, 0.1) is 0 Å². The Morgan fingerprint density at radius 1 is 1.16 bits per heavy atom. The summed E-state index contributed by atoms with van der Waals surface area (Å²) in [7, 11) is 2.11. The van der Waals surface area contributed by atoms with Crippen LogP contribution in [0.3, 0.4) is 0 Å². The lowest BCUT2D eigenvalue weighted by Crippen LogP contribution is -2.46. The van der Waals surface area contributed by atoms with Gasteiger partial charge >= 0.3 is 0 Å². The first kappa shape index (κ1) is 17.5. The van der Waals surface area contributed by atoms with Crippen LogP contribution < -0.4 is 4.74 Å². The number of hydrogen-bond acceptors (Lipinski definition) is 4. The van der Waals surface area contributed by atoms with E-state index in [4.69, 9.17) is 14.6 Å². The van der Waals surface area contributed by atoms with Crippen LogP contribution in [0.2, 0.25) is 0 Å². The zero-order valence-corrected chi connectivity index (χ0v) is 14.5. The molecule has 4 rings (SSSR count). The molecule has 0 radical (unpaired) electrons. The van der Waals surface area contributed by atoms with Crippen LogP contribution in [0, 0.1) is 0 Å². The van der Waals surface area contributed by atoms with Gasteiger partial charge in [-0.25, -0.2) is 0 Å². The fraction of sp³-hybridized carbons (Fsp3) is 0.350. The summed E-state index contributed by atoms with van der Waals surface area (Å²) in [5, 5.41) is 18.9. The van der Waals surface area contributed by atoms with Crippen LogP contribution in [-0.2, 0) is 10.4 Å². The molecule has 132 valence electrons. The smallest absolute Gasteiger partial charge is 0.300 e. The van der Waals surface area contributed by atoms with Gasteiger partial charge in [0.1, 0.15) is 17.1 Å². The van der Waals surface area contributed by atoms with Crippen molar-refractivity contribution in [3.63, 3.8) is 0 Å². The summed E-state index contributed by atoms with van der Waals surface area (Å²) in [6.45, 7) is 2.81. The number of likely N-dealkylation sites (N-methyl/N-ethyl adjacent to an activating group) is 1. The average Bonchev–Trinajstić information content (AvgIpc) is 2.68. The summed E-state index contributed by atoms with van der Waals surface area (Å²) in [5.41, 5.74) is 1.16. The SMILES string of the molecule is CC(=O)O.CN1CC[C@@]2(O)c3ccccc3Oc3ccccc3[C@H]2C1. The molecule has 25 heavy (non-hydrogen) atoms. The normalized spacial score (nSPS) is 24.4. The van der Waals surface area contributed by atoms with Crippen LogP contribution in [0.4, 0.5) is 0 Å². The highest BCUT2D eigenvalue weighted by Gasteiger charge is 2.47. The molecule has 1 fully saturated rings. The third-order valence-corrected chi connectivity index (χ3v) is 4.81. The van der Waals surface area contributed by atoms with Crippen LogP contribution >= 0.6 is 0 Å². The molecule has 1 saturated heterocycles. The first-order valence-corrected chi connectivity index (χ1v) is 8.38. The van der Waals surface area contributed by atoms with Gasteiger partial charge in [0.15, 0.2) is 0 Å². The molecule has 0 saturated carbocycles. The number of nitrogens with zero attached hydrogens (tertiary/aromatic N) is 1. The second-order valence-corrected chi connectivity index (χ2v) is 6.64. The van der Waals surface area contributed by atoms with E-state index in [0.717, 1.165) is 49.1 Å². The lowest BCUT2D eigenvalue weighted by Gasteiger charge is -2.43. The second kappa shape index (κ2) is 6.86. The fourth-order valence-electron chi connectivity index (χ4n) is 3.66. The molecular formula is C20H23NO4. The standard InChI is InChI=1S/C18H19NO2.C2H4O2/c1-19-11-10-18(20)14-7-3-5-9-17(14)21-16-8-4-2-6-13(16)15(18)12-19;1-2(3)4/h2-9,15,20H,10-12H2,1H3;1H3,(H,3,4)/t15-,18-;/m1./s1. The van der Waals surface area contributed by atoms with Crippen LogP contribution in [-0.4, -0.2) is 41.2 Å². The predicted molar refractivity (Wildman–Crippen MR) is 95.0 cm³/mol. The summed E-state index contributed by atoms with van der Waals surface area (Å²) >= 11 is 0. The lowest BCUT2D eigenvalue weighted by atomic mass is 9.73. The number of piperidine rings is 1. The summed E-state index contributed by atoms with van der Waals surface area (Å²) in [5.74, 6) is 0.844. The Bertz CT molecular complexity index is 772. The largest absolute Gasteiger partial charge is 0.481 e. The van der Waals surface area contributed by atoms with Crippen molar-refractivity contribution in [1.29, 1.82) is 0 Å². The van der Waals surface area contributed by atoms with Gasteiger partial charge in [0.25, 0.3) is 5.97 Å². The molecule has 2 aromatic rings. The monoisotopic (exact) mass is 341 g/mol. The third-order valence-electron chi connectivity index (χ3n) is 4.81. The molecule has 2 atom stereocenters. The Morgan fingerprint density at radius 2 is 1.76 bits per heavy atom. The minimum atomic E-state index is -0.851. The highest BCUT2D eigenvalue weighted by Crippen LogP contribution is 2.51. The van der Waals surface area contributed by atoms with E-state index in [2.05, 4.69) is 18.0 Å². The van der Waals surface area contributed by atoms with Gasteiger partial charge in [0, 0.05) is 37.1 Å². The molecule has 2 aliphatic heterocycles. The molecule has 0 unspecified atom stereocenters. The molecule has 5 nitrogen and oxygen atoms in total. The van der Waals surface area contributed by atoms with Gasteiger partial charge in [-0.2, -0.15) is 0 Å². The quantitative estimate of drug-likeness (QED) is 0.770. The van der Waals surface area contributed by atoms with Crippen molar-refractivity contribution in [2.45, 2.75) is 24.9 Å². The number of carboxylic acids is 1. The molecule has 2 N–H and O–H groups in total. The molecular weight excluding hydrogens is 318 g/mol. The fourth-order valence-corrected chi connectivity index (χ4v) is 3.66. The maximum atomic E-state index is 11.5. The molecule has 2 aromatic carbocycles. The van der Waals surface area contributed by atoms with E-state index in [1.54, 1.807) is 0 Å². The van der Waals surface area contributed by atoms with Gasteiger partial charge < -0.3 is 19.8 Å². The van der Waals surface area contributed by atoms with Gasteiger partial charge in [0.2, 0.25) is 0 Å². The van der Waals surface area contributed by atoms with Crippen LogP contribution in [0.25, 0.3) is 0 Å². The topological polar surface area (TPSA) is 70.0 Å². The molecule has 2 aliphatic rings. The Hall–Kier alpha value is -2.37. The molecule has 0 amide bonds. The number of fused-ring (bicyclic) bond motifs is 5. The number of aliphatic carboxylic acids is 1. The molecule has 0 aromatic heterocycles. The Kier molecular flexibility index (Phi) is 4.79. The van der Waals surface area contributed by atoms with Crippen molar-refractivity contribution in [2.24, 2.45) is 0 Å². The van der Waals surface area contributed by atoms with Crippen molar-refractivity contribution >= 4 is 5.97 Å². The van der Waals surface area contributed by atoms with Crippen LogP contribution in [0.1, 0.15) is 30.4 Å². The summed E-state index contributed by atoms with van der Waals surface area (Å²) in [4.78, 5) is 11.3. The summed E-state index contributed by atoms with van der Waals surface area (Å²) < 4.78 is 6.12. The van der Waals surface area contributed by atoms with Crippen molar-refractivity contribution in [3.05, 3.63) is 59.7 Å². The van der Waals surface area contributed by atoms with Gasteiger partial charge in [-0.05, 0) is 25.6 Å². The van der Waals surface area contributed by atoms with E-state index in [1.807, 2.05) is 42.5 Å². The number of aliphatic hydroxyl groups is 1. The number of ether oxygens (including phenoxy) is 1. The minimum absolute atomic E-state index is 0.0381. The maximum absolute atomic E-state index is 11.5. The van der Waals surface area contributed by atoms with Crippen molar-refractivity contribution < 1.29 is 19.7 Å². The molecule has 0 spiro atoms. The lowest BCUT2D eigenvalue weighted by molar-refractivity contribution is -0.134. The molecule has 2 heterocycles. The number of hydrogen-bond donors (Lipinski definition) is 2. The number of rotatable bonds is 0. The van der Waals surface area contributed by atoms with Crippen molar-refractivity contribution in [3.8, 4) is 11.5 Å². The number of para-hydroxylation sites is 2. The number of benzene rings is 2. The van der Waals surface area contributed by atoms with E-state index in [9.17, 15) is 5.11 Å². The third kappa shape index (κ3) is 3.38. The summed E-state index contributed by atoms with van der Waals surface area (Å²) in [6.07, 6.45) is 0.725. The molecule has 5 heteroatoms. The Labute approximate surface area is 147 Å². The van der Waals surface area contributed by atoms with Crippen molar-refractivity contribution in [1.82, 2.24) is 4.90 Å². The first-order valence-electron chi connectivity index (χ1n) is 8.38. The summed E-state index contributed by atoms with van der Waals surface area (Å²) in [6, 6.07) is 16.0. The highest BCUT2D eigenvalue weighted by molar-refractivity contribution is 5.63. The Balaban J connectivity index is 0.000000415. The molecule has 0 bridgehead atoms. The van der Waals surface area contributed by atoms with Gasteiger partial charge in [-0.3, -0.25) is 4.79 Å². The number of likely N-dealkylation sites (tertiary alicyclic amines) is 1. The second-order valence-electron chi connectivity index (χ2n) is 6.64. The molecule has 0 aliphatic carbocycles. The maximum Gasteiger partial charge on any atom is 0.300 e. The van der Waals surface area contributed by atoms with Crippen molar-refractivity contribution in [2.75, 3.05) is 20.1 Å². The van der Waals surface area contributed by atoms with Gasteiger partial charge in [-0.1, -0.05) is 36.4 Å². The van der Waals surface area contributed by atoms with E-state index in [1.165, 1.54) is 0 Å². The minimum Gasteiger partial charge on any atom is -0.481 e. The number of carbonyl (C=O) groups is 1. The Morgan fingerprint density at radius 3 is 2.48 bits per heavy atom. The first-order chi connectivity index (χ1) is 11.9. The van der Waals surface area contributed by atoms with E-state index < -0.39 is 11.6 Å². The van der Waals surface area contributed by atoms with E-state index in [0.29, 0.717) is 0 Å². The van der Waals surface area contributed by atoms with Gasteiger partial charge in [-0.15, -0.1) is 0 Å². The average molecular weight is 341 g/mol. The van der Waals surface area contributed by atoms with E-state index >= 15 is 0 Å². The van der Waals surface area contributed by atoms with Crippen LogP contribution in [0.15, 0.2) is 48.5 Å².